The van der Waals surface area contributed by atoms with Gasteiger partial charge in [-0.05, 0) is 30.9 Å². The lowest BCUT2D eigenvalue weighted by Crippen LogP contribution is -2.58. The lowest BCUT2D eigenvalue weighted by Gasteiger charge is -2.31. The SMILES string of the molecule is C=CCc1cnc(C(=O)NC(C)(C(N)=O)C(C)C)c(C(=O)O)c1. The van der Waals surface area contributed by atoms with Gasteiger partial charge in [-0.15, -0.1) is 6.58 Å². The first-order chi connectivity index (χ1) is 10.6. The van der Waals surface area contributed by atoms with E-state index >= 15 is 0 Å². The summed E-state index contributed by atoms with van der Waals surface area (Å²) < 4.78 is 0. The Bertz CT molecular complexity index is 655. The first kappa shape index (κ1) is 18.3. The van der Waals surface area contributed by atoms with Crippen molar-refractivity contribution >= 4 is 17.8 Å². The van der Waals surface area contributed by atoms with Gasteiger partial charge in [0.15, 0.2) is 0 Å². The molecule has 0 saturated heterocycles. The summed E-state index contributed by atoms with van der Waals surface area (Å²) in [7, 11) is 0. The van der Waals surface area contributed by atoms with E-state index in [0.717, 1.165) is 0 Å². The van der Waals surface area contributed by atoms with Crippen molar-refractivity contribution in [3.05, 3.63) is 41.7 Å². The topological polar surface area (TPSA) is 122 Å². The first-order valence-electron chi connectivity index (χ1n) is 7.09. The van der Waals surface area contributed by atoms with Crippen LogP contribution < -0.4 is 11.1 Å². The van der Waals surface area contributed by atoms with E-state index in [4.69, 9.17) is 5.73 Å². The molecule has 0 spiro atoms. The largest absolute Gasteiger partial charge is 0.478 e. The normalized spacial score (nSPS) is 13.2. The van der Waals surface area contributed by atoms with E-state index in [2.05, 4.69) is 16.9 Å². The first-order valence-corrected chi connectivity index (χ1v) is 7.09. The number of hydrogen-bond acceptors (Lipinski definition) is 4. The number of nitrogens with one attached hydrogen (secondary N) is 1. The molecule has 0 aliphatic carbocycles. The average molecular weight is 319 g/mol. The van der Waals surface area contributed by atoms with Crippen LogP contribution in [0.1, 0.15) is 47.2 Å². The highest BCUT2D eigenvalue weighted by molar-refractivity contribution is 6.05. The van der Waals surface area contributed by atoms with Crippen molar-refractivity contribution in [1.29, 1.82) is 0 Å². The van der Waals surface area contributed by atoms with Crippen molar-refractivity contribution in [3.63, 3.8) is 0 Å². The number of amides is 2. The third kappa shape index (κ3) is 3.94. The summed E-state index contributed by atoms with van der Waals surface area (Å²) in [5.74, 6) is -3.03. The molecule has 0 aromatic carbocycles. The summed E-state index contributed by atoms with van der Waals surface area (Å²) in [6.07, 6.45) is 3.44. The monoisotopic (exact) mass is 319 g/mol. The molecule has 1 heterocycles. The summed E-state index contributed by atoms with van der Waals surface area (Å²) >= 11 is 0. The van der Waals surface area contributed by atoms with Crippen LogP contribution in [0.25, 0.3) is 0 Å². The van der Waals surface area contributed by atoms with Gasteiger partial charge in [0.25, 0.3) is 5.91 Å². The minimum Gasteiger partial charge on any atom is -0.478 e. The van der Waals surface area contributed by atoms with Crippen LogP contribution in [-0.2, 0) is 11.2 Å². The molecule has 1 aromatic rings. The molecule has 1 atom stereocenters. The van der Waals surface area contributed by atoms with Gasteiger partial charge in [-0.1, -0.05) is 19.9 Å². The number of nitrogens with two attached hydrogens (primary N) is 1. The van der Waals surface area contributed by atoms with E-state index in [1.54, 1.807) is 19.9 Å². The van der Waals surface area contributed by atoms with Crippen molar-refractivity contribution in [2.24, 2.45) is 11.7 Å². The molecule has 0 bridgehead atoms. The number of carbonyl (C=O) groups is 3. The molecular formula is C16H21N3O4. The van der Waals surface area contributed by atoms with Crippen molar-refractivity contribution in [2.75, 3.05) is 0 Å². The Morgan fingerprint density at radius 3 is 2.52 bits per heavy atom. The number of rotatable bonds is 7. The molecular weight excluding hydrogens is 298 g/mol. The van der Waals surface area contributed by atoms with Crippen LogP contribution in [0.5, 0.6) is 0 Å². The Hall–Kier alpha value is -2.70. The maximum Gasteiger partial charge on any atom is 0.338 e. The second-order valence-electron chi connectivity index (χ2n) is 5.71. The molecule has 1 rings (SSSR count). The second-order valence-corrected chi connectivity index (χ2v) is 5.71. The van der Waals surface area contributed by atoms with Gasteiger partial charge in [0.1, 0.15) is 11.2 Å². The number of nitrogens with zero attached hydrogens (tertiary/aromatic N) is 1. The maximum absolute atomic E-state index is 12.4. The van der Waals surface area contributed by atoms with Crippen LogP contribution in [0, 0.1) is 5.92 Å². The van der Waals surface area contributed by atoms with E-state index < -0.39 is 23.3 Å². The predicted octanol–water partition coefficient (Wildman–Crippen LogP) is 1.14. The minimum atomic E-state index is -1.31. The van der Waals surface area contributed by atoms with Crippen LogP contribution >= 0.6 is 0 Å². The number of aromatic nitrogens is 1. The van der Waals surface area contributed by atoms with E-state index in [1.165, 1.54) is 19.2 Å². The summed E-state index contributed by atoms with van der Waals surface area (Å²) in [5, 5.41) is 11.8. The standard InChI is InChI=1S/C16H21N3O4/c1-5-6-10-7-11(14(21)22)12(18-8-10)13(20)19-16(4,9(2)3)15(17)23/h5,7-9H,1,6H2,2-4H3,(H2,17,23)(H,19,20)(H,21,22). The Kier molecular flexibility index (Phi) is 5.62. The van der Waals surface area contributed by atoms with Crippen molar-refractivity contribution in [2.45, 2.75) is 32.7 Å². The summed E-state index contributed by atoms with van der Waals surface area (Å²) in [4.78, 5) is 39.4. The van der Waals surface area contributed by atoms with Gasteiger partial charge in [-0.3, -0.25) is 9.59 Å². The van der Waals surface area contributed by atoms with Crippen molar-refractivity contribution in [1.82, 2.24) is 10.3 Å². The van der Waals surface area contributed by atoms with Gasteiger partial charge in [0.2, 0.25) is 5.91 Å². The van der Waals surface area contributed by atoms with Gasteiger partial charge in [-0.25, -0.2) is 9.78 Å². The third-order valence-electron chi connectivity index (χ3n) is 3.81. The van der Waals surface area contributed by atoms with Gasteiger partial charge in [0, 0.05) is 6.20 Å². The van der Waals surface area contributed by atoms with Crippen molar-refractivity contribution in [3.8, 4) is 0 Å². The molecule has 2 amide bonds. The Labute approximate surface area is 134 Å². The lowest BCUT2D eigenvalue weighted by molar-refractivity contribution is -0.125. The number of pyridine rings is 1. The van der Waals surface area contributed by atoms with E-state index in [9.17, 15) is 19.5 Å². The lowest BCUT2D eigenvalue weighted by atomic mass is 9.87. The van der Waals surface area contributed by atoms with Crippen LogP contribution in [0.2, 0.25) is 0 Å². The molecule has 7 heteroatoms. The van der Waals surface area contributed by atoms with E-state index in [1.807, 2.05) is 0 Å². The Morgan fingerprint density at radius 1 is 1.48 bits per heavy atom. The van der Waals surface area contributed by atoms with E-state index in [0.29, 0.717) is 12.0 Å². The number of primary amides is 1. The highest BCUT2D eigenvalue weighted by atomic mass is 16.4. The molecule has 0 aliphatic rings. The predicted molar refractivity (Wildman–Crippen MR) is 85.0 cm³/mol. The highest BCUT2D eigenvalue weighted by Gasteiger charge is 2.37. The average Bonchev–Trinajstić information content (AvgIpc) is 2.46. The summed E-state index contributed by atoms with van der Waals surface area (Å²) in [5.41, 5.74) is 4.16. The minimum absolute atomic E-state index is 0.238. The maximum atomic E-state index is 12.4. The molecule has 124 valence electrons. The van der Waals surface area contributed by atoms with Gasteiger partial charge in [-0.2, -0.15) is 0 Å². The Balaban J connectivity index is 3.24. The molecule has 4 N–H and O–H groups in total. The summed E-state index contributed by atoms with van der Waals surface area (Å²) in [6.45, 7) is 8.51. The fraction of sp³-hybridized carbons (Fsp3) is 0.375. The number of carboxylic acid groups (broad SMARTS) is 1. The molecule has 0 aliphatic heterocycles. The molecule has 1 aromatic heterocycles. The fourth-order valence-corrected chi connectivity index (χ4v) is 1.92. The number of allylic oxidation sites excluding steroid dienone is 1. The number of hydrogen-bond donors (Lipinski definition) is 3. The van der Waals surface area contributed by atoms with Gasteiger partial charge >= 0.3 is 5.97 Å². The van der Waals surface area contributed by atoms with Crippen LogP contribution in [0.4, 0.5) is 0 Å². The smallest absolute Gasteiger partial charge is 0.338 e. The molecule has 7 nitrogen and oxygen atoms in total. The van der Waals surface area contributed by atoms with Gasteiger partial charge < -0.3 is 16.2 Å². The van der Waals surface area contributed by atoms with Crippen LogP contribution in [0.15, 0.2) is 24.9 Å². The van der Waals surface area contributed by atoms with Crippen LogP contribution in [0.3, 0.4) is 0 Å². The fourth-order valence-electron chi connectivity index (χ4n) is 1.92. The second kappa shape index (κ2) is 7.04. The Morgan fingerprint density at radius 2 is 2.09 bits per heavy atom. The zero-order chi connectivity index (χ0) is 17.8. The molecule has 0 fully saturated rings. The molecule has 1 unspecified atom stereocenters. The summed E-state index contributed by atoms with van der Waals surface area (Å²) in [6, 6.07) is 1.36. The van der Waals surface area contributed by atoms with E-state index in [-0.39, 0.29) is 17.2 Å². The number of aromatic carboxylic acids is 1. The van der Waals surface area contributed by atoms with Gasteiger partial charge in [0.05, 0.1) is 5.56 Å². The zero-order valence-corrected chi connectivity index (χ0v) is 13.4. The molecule has 23 heavy (non-hydrogen) atoms. The number of carbonyl (C=O) groups excluding carboxylic acids is 2. The highest BCUT2D eigenvalue weighted by Crippen LogP contribution is 2.18. The van der Waals surface area contributed by atoms with Crippen LogP contribution in [-0.4, -0.2) is 33.4 Å². The molecule has 0 radical (unpaired) electrons. The number of carboxylic acids is 1. The van der Waals surface area contributed by atoms with Crippen molar-refractivity contribution < 1.29 is 19.5 Å². The zero-order valence-electron chi connectivity index (χ0n) is 13.4. The quantitative estimate of drug-likeness (QED) is 0.650. The molecule has 0 saturated carbocycles. The third-order valence-corrected chi connectivity index (χ3v) is 3.81.